The summed E-state index contributed by atoms with van der Waals surface area (Å²) in [6.07, 6.45) is 2.46. The molecule has 18 heavy (non-hydrogen) atoms. The lowest BCUT2D eigenvalue weighted by Crippen LogP contribution is -2.38. The molecule has 3 heteroatoms. The van der Waals surface area contributed by atoms with E-state index in [9.17, 15) is 0 Å². The minimum absolute atomic E-state index is 0.409. The number of nitrogen functional groups attached to an aromatic ring is 1. The summed E-state index contributed by atoms with van der Waals surface area (Å²) < 4.78 is 0. The third-order valence-electron chi connectivity index (χ3n) is 4.05. The van der Waals surface area contributed by atoms with Crippen molar-refractivity contribution in [2.75, 3.05) is 23.7 Å². The Morgan fingerprint density at radius 1 is 1.22 bits per heavy atom. The van der Waals surface area contributed by atoms with Gasteiger partial charge in [-0.3, -0.25) is 0 Å². The van der Waals surface area contributed by atoms with Crippen LogP contribution in [0, 0.1) is 11.3 Å². The zero-order valence-electron chi connectivity index (χ0n) is 11.5. The summed E-state index contributed by atoms with van der Waals surface area (Å²) in [7, 11) is 0. The molecule has 0 atom stereocenters. The van der Waals surface area contributed by atoms with Crippen molar-refractivity contribution in [3.8, 4) is 0 Å². The molecule has 0 radical (unpaired) electrons. The van der Waals surface area contributed by atoms with E-state index in [0.29, 0.717) is 5.41 Å². The van der Waals surface area contributed by atoms with Crippen molar-refractivity contribution in [2.45, 2.75) is 33.6 Å². The minimum atomic E-state index is 0.409. The summed E-state index contributed by atoms with van der Waals surface area (Å²) >= 11 is 6.06. The highest BCUT2D eigenvalue weighted by atomic mass is 35.5. The van der Waals surface area contributed by atoms with Crippen molar-refractivity contribution in [1.82, 2.24) is 0 Å². The van der Waals surface area contributed by atoms with Gasteiger partial charge < -0.3 is 10.6 Å². The SMILES string of the molecule is CC(C)(C)C1CCN(c2cc(Cl)ccc2N)CC1. The molecule has 2 nitrogen and oxygen atoms in total. The Morgan fingerprint density at radius 3 is 2.39 bits per heavy atom. The molecule has 0 amide bonds. The van der Waals surface area contributed by atoms with Crippen LogP contribution in [0.2, 0.25) is 5.02 Å². The van der Waals surface area contributed by atoms with Crippen molar-refractivity contribution in [3.05, 3.63) is 23.2 Å². The topological polar surface area (TPSA) is 29.3 Å². The molecular formula is C15H23ClN2. The molecular weight excluding hydrogens is 244 g/mol. The standard InChI is InChI=1S/C15H23ClN2/c1-15(2,3)11-6-8-18(9-7-11)14-10-12(16)4-5-13(14)17/h4-5,10-11H,6-9,17H2,1-3H3. The highest BCUT2D eigenvalue weighted by Crippen LogP contribution is 2.37. The molecule has 1 aliphatic rings. The van der Waals surface area contributed by atoms with E-state index >= 15 is 0 Å². The zero-order chi connectivity index (χ0) is 13.3. The maximum atomic E-state index is 6.06. The monoisotopic (exact) mass is 266 g/mol. The van der Waals surface area contributed by atoms with E-state index in [0.717, 1.165) is 35.4 Å². The number of nitrogens with zero attached hydrogens (tertiary/aromatic N) is 1. The quantitative estimate of drug-likeness (QED) is 0.773. The lowest BCUT2D eigenvalue weighted by Gasteiger charge is -2.40. The second-order valence-corrected chi connectivity index (χ2v) is 6.77. The van der Waals surface area contributed by atoms with E-state index in [1.165, 1.54) is 12.8 Å². The van der Waals surface area contributed by atoms with Crippen LogP contribution in [0.25, 0.3) is 0 Å². The van der Waals surface area contributed by atoms with E-state index in [-0.39, 0.29) is 0 Å². The Bertz CT molecular complexity index is 415. The summed E-state index contributed by atoms with van der Waals surface area (Å²) in [4.78, 5) is 2.36. The van der Waals surface area contributed by atoms with Crippen LogP contribution in [-0.4, -0.2) is 13.1 Å². The third kappa shape index (κ3) is 2.92. The van der Waals surface area contributed by atoms with E-state index in [4.69, 9.17) is 17.3 Å². The first-order chi connectivity index (χ1) is 8.38. The molecule has 1 aromatic carbocycles. The molecule has 1 heterocycles. The van der Waals surface area contributed by atoms with Gasteiger partial charge in [0.05, 0.1) is 11.4 Å². The smallest absolute Gasteiger partial charge is 0.0614 e. The molecule has 0 aromatic heterocycles. The van der Waals surface area contributed by atoms with Gasteiger partial charge in [0.1, 0.15) is 0 Å². The van der Waals surface area contributed by atoms with Gasteiger partial charge in [0, 0.05) is 18.1 Å². The summed E-state index contributed by atoms with van der Waals surface area (Å²) in [5.74, 6) is 0.800. The number of halogens is 1. The second kappa shape index (κ2) is 5.00. The molecule has 1 aliphatic heterocycles. The Balaban J connectivity index is 2.08. The fourth-order valence-electron chi connectivity index (χ4n) is 2.78. The number of anilines is 2. The lowest BCUT2D eigenvalue weighted by molar-refractivity contribution is 0.199. The van der Waals surface area contributed by atoms with Crippen molar-refractivity contribution in [1.29, 1.82) is 0 Å². The normalized spacial score (nSPS) is 18.1. The number of hydrogen-bond acceptors (Lipinski definition) is 2. The van der Waals surface area contributed by atoms with E-state index in [1.807, 2.05) is 18.2 Å². The second-order valence-electron chi connectivity index (χ2n) is 6.33. The van der Waals surface area contributed by atoms with Gasteiger partial charge in [-0.1, -0.05) is 32.4 Å². The van der Waals surface area contributed by atoms with Gasteiger partial charge >= 0.3 is 0 Å². The van der Waals surface area contributed by atoms with E-state index < -0.39 is 0 Å². The third-order valence-corrected chi connectivity index (χ3v) is 4.29. The average molecular weight is 267 g/mol. The Kier molecular flexibility index (Phi) is 3.76. The first-order valence-electron chi connectivity index (χ1n) is 6.68. The van der Waals surface area contributed by atoms with Crippen LogP contribution in [0.4, 0.5) is 11.4 Å². The maximum Gasteiger partial charge on any atom is 0.0614 e. The van der Waals surface area contributed by atoms with Crippen LogP contribution < -0.4 is 10.6 Å². The van der Waals surface area contributed by atoms with Crippen molar-refractivity contribution < 1.29 is 0 Å². The number of piperidine rings is 1. The zero-order valence-corrected chi connectivity index (χ0v) is 12.3. The van der Waals surface area contributed by atoms with Gasteiger partial charge in [0.25, 0.3) is 0 Å². The molecule has 100 valence electrons. The lowest BCUT2D eigenvalue weighted by atomic mass is 9.75. The molecule has 1 fully saturated rings. The highest BCUT2D eigenvalue weighted by Gasteiger charge is 2.29. The van der Waals surface area contributed by atoms with E-state index in [2.05, 4.69) is 25.7 Å². The maximum absolute atomic E-state index is 6.06. The first kappa shape index (κ1) is 13.5. The van der Waals surface area contributed by atoms with Crippen molar-refractivity contribution in [2.24, 2.45) is 11.3 Å². The predicted molar refractivity (Wildman–Crippen MR) is 80.3 cm³/mol. The van der Waals surface area contributed by atoms with Crippen LogP contribution in [0.3, 0.4) is 0 Å². The fraction of sp³-hybridized carbons (Fsp3) is 0.600. The van der Waals surface area contributed by atoms with Gasteiger partial charge in [-0.15, -0.1) is 0 Å². The summed E-state index contributed by atoms with van der Waals surface area (Å²) in [5, 5.41) is 0.761. The molecule has 1 aromatic rings. The molecule has 2 N–H and O–H groups in total. The average Bonchev–Trinajstić information content (AvgIpc) is 2.31. The molecule has 0 unspecified atom stereocenters. The Hall–Kier alpha value is -0.890. The summed E-state index contributed by atoms with van der Waals surface area (Å²) in [5.41, 5.74) is 8.37. The van der Waals surface area contributed by atoms with Gasteiger partial charge in [-0.25, -0.2) is 0 Å². The fourth-order valence-corrected chi connectivity index (χ4v) is 2.94. The number of rotatable bonds is 1. The van der Waals surface area contributed by atoms with E-state index in [1.54, 1.807) is 0 Å². The highest BCUT2D eigenvalue weighted by molar-refractivity contribution is 6.31. The minimum Gasteiger partial charge on any atom is -0.397 e. The molecule has 0 aliphatic carbocycles. The van der Waals surface area contributed by atoms with Crippen LogP contribution >= 0.6 is 11.6 Å². The molecule has 1 saturated heterocycles. The number of benzene rings is 1. The molecule has 0 spiro atoms. The summed E-state index contributed by atoms with van der Waals surface area (Å²) in [6, 6.07) is 5.73. The summed E-state index contributed by atoms with van der Waals surface area (Å²) in [6.45, 7) is 9.15. The number of nitrogens with two attached hydrogens (primary N) is 1. The predicted octanol–water partition coefficient (Wildman–Crippen LogP) is 4.18. The van der Waals surface area contributed by atoms with Crippen molar-refractivity contribution in [3.63, 3.8) is 0 Å². The van der Waals surface area contributed by atoms with Crippen LogP contribution in [0.5, 0.6) is 0 Å². The van der Waals surface area contributed by atoms with Crippen LogP contribution in [0.15, 0.2) is 18.2 Å². The molecule has 0 saturated carbocycles. The largest absolute Gasteiger partial charge is 0.397 e. The van der Waals surface area contributed by atoms with Crippen LogP contribution in [0.1, 0.15) is 33.6 Å². The van der Waals surface area contributed by atoms with Gasteiger partial charge in [0.15, 0.2) is 0 Å². The van der Waals surface area contributed by atoms with Gasteiger partial charge in [0.2, 0.25) is 0 Å². The van der Waals surface area contributed by atoms with Gasteiger partial charge in [-0.05, 0) is 42.4 Å². The molecule has 2 rings (SSSR count). The van der Waals surface area contributed by atoms with Gasteiger partial charge in [-0.2, -0.15) is 0 Å². The Labute approximate surface area is 115 Å². The molecule has 0 bridgehead atoms. The van der Waals surface area contributed by atoms with Crippen molar-refractivity contribution >= 4 is 23.0 Å². The van der Waals surface area contributed by atoms with Crippen LogP contribution in [-0.2, 0) is 0 Å². The Morgan fingerprint density at radius 2 is 1.83 bits per heavy atom. The first-order valence-corrected chi connectivity index (χ1v) is 7.05. The number of hydrogen-bond donors (Lipinski definition) is 1.